The first-order chi connectivity index (χ1) is 16.2. The monoisotopic (exact) mass is 432 g/mol. The second-order valence-electron chi connectivity index (χ2n) is 8.16. The summed E-state index contributed by atoms with van der Waals surface area (Å²) in [6.07, 6.45) is 0. The van der Waals surface area contributed by atoms with Crippen LogP contribution in [-0.2, 0) is 11.3 Å². The number of rotatable bonds is 3. The summed E-state index contributed by atoms with van der Waals surface area (Å²) in [6, 6.07) is 27.0. The van der Waals surface area contributed by atoms with Gasteiger partial charge < -0.3 is 14.3 Å². The Morgan fingerprint density at radius 2 is 1.21 bits per heavy atom. The highest BCUT2D eigenvalue weighted by Crippen LogP contribution is 2.46. The van der Waals surface area contributed by atoms with Gasteiger partial charge in [0.2, 0.25) is 0 Å². The quantitative estimate of drug-likeness (QED) is 0.190. The molecular formula is C29H20O4. The van der Waals surface area contributed by atoms with Crippen molar-refractivity contribution in [1.29, 1.82) is 0 Å². The van der Waals surface area contributed by atoms with Gasteiger partial charge in [-0.05, 0) is 27.8 Å². The van der Waals surface area contributed by atoms with E-state index in [1.165, 1.54) is 0 Å². The van der Waals surface area contributed by atoms with E-state index in [1.54, 1.807) is 13.2 Å². The fraction of sp³-hybridized carbons (Fsp3) is 0.0690. The van der Waals surface area contributed by atoms with Crippen molar-refractivity contribution in [3.8, 4) is 16.9 Å². The molecule has 6 aromatic rings. The minimum atomic E-state index is -0.374. The summed E-state index contributed by atoms with van der Waals surface area (Å²) in [6.45, 7) is 0.353. The molecule has 1 aromatic heterocycles. The van der Waals surface area contributed by atoms with Gasteiger partial charge in [0.25, 0.3) is 0 Å². The lowest BCUT2D eigenvalue weighted by atomic mass is 9.87. The molecule has 6 rings (SSSR count). The molecular weight excluding hydrogens is 412 g/mol. The number of fused-ring (bicyclic) bond motifs is 5. The predicted molar refractivity (Wildman–Crippen MR) is 133 cm³/mol. The molecule has 4 heteroatoms. The van der Waals surface area contributed by atoms with Crippen LogP contribution in [0.4, 0.5) is 0 Å². The highest BCUT2D eigenvalue weighted by molar-refractivity contribution is 6.21. The molecule has 0 saturated heterocycles. The Bertz CT molecular complexity index is 1700. The Morgan fingerprint density at radius 1 is 0.667 bits per heavy atom. The van der Waals surface area contributed by atoms with Crippen LogP contribution < -0.4 is 5.63 Å². The number of phenolic OH excluding ortho intramolecular Hbond substituents is 1. The molecule has 33 heavy (non-hydrogen) atoms. The van der Waals surface area contributed by atoms with E-state index in [-0.39, 0.29) is 11.4 Å². The van der Waals surface area contributed by atoms with E-state index in [4.69, 9.17) is 9.15 Å². The SMILES string of the molecule is COCc1ccc2c(oc(=O)c3ccccc32)c1-c1c2ccccc2c(O)c2ccccc12. The number of methoxy groups -OCH3 is 1. The third kappa shape index (κ3) is 2.85. The standard InChI is InChI=1S/C29H20O4/c1-32-16-17-14-15-23-18-8-2-7-13-24(18)29(31)33-28(23)25(17)26-19-9-3-5-11-21(19)27(30)22-12-6-4-10-20(22)26/h2-15,30H,16H2,1H3. The van der Waals surface area contributed by atoms with Crippen LogP contribution in [0.25, 0.3) is 54.4 Å². The Labute approximate surface area is 189 Å². The minimum absolute atomic E-state index is 0.241. The van der Waals surface area contributed by atoms with Crippen LogP contribution in [0.2, 0.25) is 0 Å². The van der Waals surface area contributed by atoms with Crippen molar-refractivity contribution in [2.45, 2.75) is 6.61 Å². The summed E-state index contributed by atoms with van der Waals surface area (Å²) in [5.41, 5.74) is 2.78. The van der Waals surface area contributed by atoms with Crippen LogP contribution >= 0.6 is 0 Å². The molecule has 0 fully saturated rings. The zero-order valence-corrected chi connectivity index (χ0v) is 18.0. The van der Waals surface area contributed by atoms with Gasteiger partial charge in [0.05, 0.1) is 12.0 Å². The molecule has 5 aromatic carbocycles. The molecule has 0 amide bonds. The van der Waals surface area contributed by atoms with Crippen molar-refractivity contribution in [2.24, 2.45) is 0 Å². The van der Waals surface area contributed by atoms with Gasteiger partial charge in [-0.1, -0.05) is 78.9 Å². The van der Waals surface area contributed by atoms with Crippen molar-refractivity contribution in [1.82, 2.24) is 0 Å². The van der Waals surface area contributed by atoms with Gasteiger partial charge in [-0.25, -0.2) is 4.79 Å². The zero-order valence-electron chi connectivity index (χ0n) is 18.0. The fourth-order valence-electron chi connectivity index (χ4n) is 4.91. The van der Waals surface area contributed by atoms with E-state index in [9.17, 15) is 9.90 Å². The van der Waals surface area contributed by atoms with Crippen LogP contribution in [0.15, 0.2) is 94.1 Å². The number of phenols is 1. The Balaban J connectivity index is 1.90. The average molecular weight is 432 g/mol. The smallest absolute Gasteiger partial charge is 0.344 e. The molecule has 4 nitrogen and oxygen atoms in total. The highest BCUT2D eigenvalue weighted by Gasteiger charge is 2.21. The van der Waals surface area contributed by atoms with Crippen molar-refractivity contribution in [3.63, 3.8) is 0 Å². The van der Waals surface area contributed by atoms with Crippen LogP contribution in [0, 0.1) is 0 Å². The molecule has 0 radical (unpaired) electrons. The summed E-state index contributed by atoms with van der Waals surface area (Å²) in [5.74, 6) is 0.241. The van der Waals surface area contributed by atoms with Crippen molar-refractivity contribution in [3.05, 3.63) is 101 Å². The molecule has 0 spiro atoms. The lowest BCUT2D eigenvalue weighted by Gasteiger charge is -2.18. The van der Waals surface area contributed by atoms with Crippen molar-refractivity contribution < 1.29 is 14.3 Å². The molecule has 0 aliphatic heterocycles. The third-order valence-electron chi connectivity index (χ3n) is 6.33. The molecule has 1 N–H and O–H groups in total. The molecule has 0 bridgehead atoms. The first-order valence-corrected chi connectivity index (χ1v) is 10.8. The van der Waals surface area contributed by atoms with Crippen LogP contribution in [0.5, 0.6) is 5.75 Å². The Hall–Kier alpha value is -4.15. The predicted octanol–water partition coefficient (Wildman–Crippen LogP) is 6.77. The second kappa shape index (κ2) is 7.47. The molecule has 0 atom stereocenters. The number of ether oxygens (including phenoxy) is 1. The van der Waals surface area contributed by atoms with Gasteiger partial charge >= 0.3 is 5.63 Å². The van der Waals surface area contributed by atoms with Gasteiger partial charge in [-0.3, -0.25) is 0 Å². The first-order valence-electron chi connectivity index (χ1n) is 10.8. The Morgan fingerprint density at radius 3 is 1.82 bits per heavy atom. The maximum absolute atomic E-state index is 13.0. The van der Waals surface area contributed by atoms with Gasteiger partial charge in [0.15, 0.2) is 0 Å². The highest BCUT2D eigenvalue weighted by atomic mass is 16.5. The van der Waals surface area contributed by atoms with Gasteiger partial charge in [-0.2, -0.15) is 0 Å². The summed E-state index contributed by atoms with van der Waals surface area (Å²) in [4.78, 5) is 13.0. The lowest BCUT2D eigenvalue weighted by Crippen LogP contribution is -2.03. The maximum atomic E-state index is 13.0. The summed E-state index contributed by atoms with van der Waals surface area (Å²) in [5, 5.41) is 16.6. The van der Waals surface area contributed by atoms with E-state index in [0.717, 1.165) is 49.0 Å². The maximum Gasteiger partial charge on any atom is 0.344 e. The average Bonchev–Trinajstić information content (AvgIpc) is 2.85. The molecule has 1 heterocycles. The lowest BCUT2D eigenvalue weighted by molar-refractivity contribution is 0.185. The molecule has 160 valence electrons. The topological polar surface area (TPSA) is 59.7 Å². The summed E-state index contributed by atoms with van der Waals surface area (Å²) < 4.78 is 11.5. The molecule has 0 aliphatic carbocycles. The normalized spacial score (nSPS) is 11.7. The number of benzene rings is 5. The van der Waals surface area contributed by atoms with Crippen LogP contribution in [0.1, 0.15) is 5.56 Å². The van der Waals surface area contributed by atoms with Crippen LogP contribution in [-0.4, -0.2) is 12.2 Å². The fourth-order valence-corrected chi connectivity index (χ4v) is 4.91. The number of hydrogen-bond acceptors (Lipinski definition) is 4. The minimum Gasteiger partial charge on any atom is -0.507 e. The summed E-state index contributed by atoms with van der Waals surface area (Å²) >= 11 is 0. The van der Waals surface area contributed by atoms with E-state index in [0.29, 0.717) is 17.6 Å². The van der Waals surface area contributed by atoms with Crippen molar-refractivity contribution in [2.75, 3.05) is 7.11 Å². The van der Waals surface area contributed by atoms with Gasteiger partial charge in [0, 0.05) is 34.4 Å². The second-order valence-corrected chi connectivity index (χ2v) is 8.16. The number of aromatic hydroxyl groups is 1. The van der Waals surface area contributed by atoms with E-state index < -0.39 is 0 Å². The Kier molecular flexibility index (Phi) is 4.42. The summed E-state index contributed by atoms with van der Waals surface area (Å²) in [7, 11) is 1.65. The van der Waals surface area contributed by atoms with E-state index in [1.807, 2.05) is 78.9 Å². The van der Waals surface area contributed by atoms with Gasteiger partial charge in [-0.15, -0.1) is 0 Å². The first kappa shape index (κ1) is 19.5. The van der Waals surface area contributed by atoms with Crippen LogP contribution in [0.3, 0.4) is 0 Å². The van der Waals surface area contributed by atoms with E-state index >= 15 is 0 Å². The molecule has 0 unspecified atom stereocenters. The van der Waals surface area contributed by atoms with E-state index in [2.05, 4.69) is 0 Å². The molecule has 0 aliphatic rings. The largest absolute Gasteiger partial charge is 0.507 e. The van der Waals surface area contributed by atoms with Crippen molar-refractivity contribution >= 4 is 43.3 Å². The molecule has 0 saturated carbocycles. The van der Waals surface area contributed by atoms with Gasteiger partial charge in [0.1, 0.15) is 11.3 Å². The number of hydrogen-bond donors (Lipinski definition) is 1. The third-order valence-corrected chi connectivity index (χ3v) is 6.33. The zero-order chi connectivity index (χ0) is 22.5.